The zero-order valence-corrected chi connectivity index (χ0v) is 8.20. The van der Waals surface area contributed by atoms with Crippen molar-refractivity contribution in [3.63, 3.8) is 0 Å². The summed E-state index contributed by atoms with van der Waals surface area (Å²) < 4.78 is 0. The van der Waals surface area contributed by atoms with E-state index in [9.17, 15) is 4.79 Å². The van der Waals surface area contributed by atoms with Crippen LogP contribution in [0, 0.1) is 17.2 Å². The second-order valence-electron chi connectivity index (χ2n) is 3.07. The Morgan fingerprint density at radius 2 is 2.23 bits per heavy atom. The van der Waals surface area contributed by atoms with E-state index < -0.39 is 0 Å². The molecule has 0 aromatic rings. The molecular weight excluding hydrogens is 162 g/mol. The maximum absolute atomic E-state index is 10.4. The highest BCUT2D eigenvalue weighted by molar-refractivity contribution is 5.53. The summed E-state index contributed by atoms with van der Waals surface area (Å²) in [4.78, 5) is 10.4. The molecule has 0 saturated carbocycles. The number of nitriles is 1. The van der Waals surface area contributed by atoms with Crippen molar-refractivity contribution in [2.75, 3.05) is 0 Å². The van der Waals surface area contributed by atoms with Crippen molar-refractivity contribution in [2.24, 2.45) is 5.92 Å². The number of allylic oxidation sites excluding steroid dienone is 2. The lowest BCUT2D eigenvalue weighted by atomic mass is 10.0. The van der Waals surface area contributed by atoms with Gasteiger partial charge in [-0.05, 0) is 25.7 Å². The fourth-order valence-electron chi connectivity index (χ4n) is 1.12. The molecule has 72 valence electrons. The van der Waals surface area contributed by atoms with Crippen LogP contribution in [0.1, 0.15) is 39.0 Å². The number of rotatable bonds is 7. The Morgan fingerprint density at radius 3 is 2.77 bits per heavy atom. The van der Waals surface area contributed by atoms with E-state index >= 15 is 0 Å². The first-order chi connectivity index (χ1) is 6.35. The SMILES string of the molecule is CC/C=C/CCC[C@@H](C=O)CC#N. The Morgan fingerprint density at radius 1 is 1.46 bits per heavy atom. The largest absolute Gasteiger partial charge is 0.303 e. The van der Waals surface area contributed by atoms with Crippen molar-refractivity contribution in [1.29, 1.82) is 5.26 Å². The van der Waals surface area contributed by atoms with E-state index in [0.717, 1.165) is 32.0 Å². The Balaban J connectivity index is 3.44. The lowest BCUT2D eigenvalue weighted by molar-refractivity contribution is -0.111. The predicted octanol–water partition coefficient (Wildman–Crippen LogP) is 2.85. The maximum Gasteiger partial charge on any atom is 0.124 e. The van der Waals surface area contributed by atoms with Gasteiger partial charge in [0.1, 0.15) is 6.29 Å². The molecule has 0 aromatic carbocycles. The molecule has 0 rings (SSSR count). The summed E-state index contributed by atoms with van der Waals surface area (Å²) in [5.41, 5.74) is 0. The first kappa shape index (κ1) is 11.9. The Kier molecular flexibility index (Phi) is 8.23. The highest BCUT2D eigenvalue weighted by atomic mass is 16.1. The average Bonchev–Trinajstić information content (AvgIpc) is 2.16. The highest BCUT2D eigenvalue weighted by Gasteiger charge is 2.04. The van der Waals surface area contributed by atoms with Crippen LogP contribution in [0.5, 0.6) is 0 Å². The lowest BCUT2D eigenvalue weighted by Gasteiger charge is -2.02. The van der Waals surface area contributed by atoms with Crippen molar-refractivity contribution >= 4 is 6.29 Å². The molecule has 0 bridgehead atoms. The molecule has 0 spiro atoms. The molecule has 0 aliphatic heterocycles. The Labute approximate surface area is 80.3 Å². The van der Waals surface area contributed by atoms with Crippen LogP contribution in [0.15, 0.2) is 12.2 Å². The fourth-order valence-corrected chi connectivity index (χ4v) is 1.12. The van der Waals surface area contributed by atoms with Crippen LogP contribution >= 0.6 is 0 Å². The Bertz CT molecular complexity index is 191. The third kappa shape index (κ3) is 7.27. The third-order valence-corrected chi connectivity index (χ3v) is 1.89. The van der Waals surface area contributed by atoms with Crippen molar-refractivity contribution < 1.29 is 4.79 Å². The molecule has 0 heterocycles. The van der Waals surface area contributed by atoms with E-state index in [1.807, 2.05) is 6.07 Å². The first-order valence-corrected chi connectivity index (χ1v) is 4.82. The van der Waals surface area contributed by atoms with Crippen molar-refractivity contribution in [3.05, 3.63) is 12.2 Å². The summed E-state index contributed by atoms with van der Waals surface area (Å²) >= 11 is 0. The number of hydrogen-bond acceptors (Lipinski definition) is 2. The molecule has 0 aliphatic carbocycles. The van der Waals surface area contributed by atoms with Gasteiger partial charge in [-0.25, -0.2) is 0 Å². The smallest absolute Gasteiger partial charge is 0.124 e. The van der Waals surface area contributed by atoms with Crippen molar-refractivity contribution in [3.8, 4) is 6.07 Å². The third-order valence-electron chi connectivity index (χ3n) is 1.89. The number of aldehydes is 1. The number of carbonyl (C=O) groups is 1. The topological polar surface area (TPSA) is 40.9 Å². The van der Waals surface area contributed by atoms with Crippen LogP contribution in [-0.2, 0) is 4.79 Å². The van der Waals surface area contributed by atoms with Gasteiger partial charge < -0.3 is 4.79 Å². The number of carbonyl (C=O) groups excluding carboxylic acids is 1. The summed E-state index contributed by atoms with van der Waals surface area (Å²) in [5.74, 6) is -0.0555. The van der Waals surface area contributed by atoms with Crippen molar-refractivity contribution in [1.82, 2.24) is 0 Å². The molecule has 13 heavy (non-hydrogen) atoms. The summed E-state index contributed by atoms with van der Waals surface area (Å²) in [7, 11) is 0. The van der Waals surface area contributed by atoms with Gasteiger partial charge >= 0.3 is 0 Å². The number of nitrogens with zero attached hydrogens (tertiary/aromatic N) is 1. The van der Waals surface area contributed by atoms with Crippen LogP contribution in [0.3, 0.4) is 0 Å². The van der Waals surface area contributed by atoms with E-state index in [2.05, 4.69) is 19.1 Å². The van der Waals surface area contributed by atoms with Gasteiger partial charge in [0.15, 0.2) is 0 Å². The first-order valence-electron chi connectivity index (χ1n) is 4.82. The van der Waals surface area contributed by atoms with E-state index in [1.54, 1.807) is 0 Å². The van der Waals surface area contributed by atoms with Gasteiger partial charge in [0, 0.05) is 12.3 Å². The van der Waals surface area contributed by atoms with Crippen LogP contribution in [-0.4, -0.2) is 6.29 Å². The fraction of sp³-hybridized carbons (Fsp3) is 0.636. The van der Waals surface area contributed by atoms with Gasteiger partial charge in [-0.15, -0.1) is 0 Å². The van der Waals surface area contributed by atoms with Gasteiger partial charge in [0.25, 0.3) is 0 Å². The minimum atomic E-state index is -0.0555. The lowest BCUT2D eigenvalue weighted by Crippen LogP contribution is -1.99. The van der Waals surface area contributed by atoms with Gasteiger partial charge in [0.05, 0.1) is 6.07 Å². The minimum Gasteiger partial charge on any atom is -0.303 e. The minimum absolute atomic E-state index is 0.0555. The molecule has 2 heteroatoms. The van der Waals surface area contributed by atoms with Crippen molar-refractivity contribution in [2.45, 2.75) is 39.0 Å². The molecule has 0 fully saturated rings. The molecule has 0 saturated heterocycles. The van der Waals surface area contributed by atoms with Crippen LogP contribution in [0.25, 0.3) is 0 Å². The summed E-state index contributed by atoms with van der Waals surface area (Å²) in [6, 6.07) is 2.02. The van der Waals surface area contributed by atoms with Gasteiger partial charge in [0.2, 0.25) is 0 Å². The standard InChI is InChI=1S/C11H17NO/c1-2-3-4-5-6-7-11(10-13)8-9-12/h3-4,10-11H,2,5-8H2,1H3/b4-3+/t11-/m1/s1. The second-order valence-corrected chi connectivity index (χ2v) is 3.07. The summed E-state index contributed by atoms with van der Waals surface area (Å²) in [6.07, 6.45) is 9.44. The molecule has 0 N–H and O–H groups in total. The second kappa shape index (κ2) is 8.99. The quantitative estimate of drug-likeness (QED) is 0.342. The van der Waals surface area contributed by atoms with E-state index in [4.69, 9.17) is 5.26 Å². The molecular formula is C11H17NO. The van der Waals surface area contributed by atoms with Crippen LogP contribution in [0.2, 0.25) is 0 Å². The highest BCUT2D eigenvalue weighted by Crippen LogP contribution is 2.09. The maximum atomic E-state index is 10.4. The molecule has 0 unspecified atom stereocenters. The Hall–Kier alpha value is -1.10. The molecule has 2 nitrogen and oxygen atoms in total. The summed E-state index contributed by atoms with van der Waals surface area (Å²) in [5, 5.41) is 8.39. The van der Waals surface area contributed by atoms with E-state index in [0.29, 0.717) is 6.42 Å². The summed E-state index contributed by atoms with van der Waals surface area (Å²) in [6.45, 7) is 2.10. The predicted molar refractivity (Wildman–Crippen MR) is 53.1 cm³/mol. The number of hydrogen-bond donors (Lipinski definition) is 0. The van der Waals surface area contributed by atoms with Crippen LogP contribution in [0.4, 0.5) is 0 Å². The monoisotopic (exact) mass is 179 g/mol. The average molecular weight is 179 g/mol. The van der Waals surface area contributed by atoms with E-state index in [-0.39, 0.29) is 5.92 Å². The molecule has 0 aromatic heterocycles. The molecule has 0 radical (unpaired) electrons. The zero-order chi connectivity index (χ0) is 9.94. The molecule has 0 aliphatic rings. The van der Waals surface area contributed by atoms with E-state index in [1.165, 1.54) is 0 Å². The number of unbranched alkanes of at least 4 members (excludes halogenated alkanes) is 1. The molecule has 1 atom stereocenters. The van der Waals surface area contributed by atoms with Gasteiger partial charge in [-0.1, -0.05) is 19.1 Å². The van der Waals surface area contributed by atoms with Gasteiger partial charge in [-0.3, -0.25) is 0 Å². The van der Waals surface area contributed by atoms with Crippen LogP contribution < -0.4 is 0 Å². The normalized spacial score (nSPS) is 12.6. The molecule has 0 amide bonds. The zero-order valence-electron chi connectivity index (χ0n) is 8.20. The van der Waals surface area contributed by atoms with Gasteiger partial charge in [-0.2, -0.15) is 5.26 Å².